The molecule has 0 bridgehead atoms. The van der Waals surface area contributed by atoms with Crippen LogP contribution in [0.25, 0.3) is 0 Å². The summed E-state index contributed by atoms with van der Waals surface area (Å²) in [6.07, 6.45) is 4.05. The molecule has 1 saturated heterocycles. The summed E-state index contributed by atoms with van der Waals surface area (Å²) in [5.41, 5.74) is 0.994. The highest BCUT2D eigenvalue weighted by Gasteiger charge is 2.23. The Labute approximate surface area is 111 Å². The molecule has 5 heteroatoms. The Balaban J connectivity index is 2.05. The molecule has 4 nitrogen and oxygen atoms in total. The molecular weight excluding hydrogens is 250 g/mol. The highest BCUT2D eigenvalue weighted by atomic mass is 32.2. The fraction of sp³-hybridized carbons (Fsp3) is 0.538. The summed E-state index contributed by atoms with van der Waals surface area (Å²) in [6.45, 7) is 2.31. The molecule has 0 saturated carbocycles. The molecule has 0 spiro atoms. The van der Waals surface area contributed by atoms with E-state index in [9.17, 15) is 4.79 Å². The van der Waals surface area contributed by atoms with E-state index >= 15 is 0 Å². The van der Waals surface area contributed by atoms with E-state index in [2.05, 4.69) is 4.98 Å². The lowest BCUT2D eigenvalue weighted by molar-refractivity contribution is 0.0972. The smallest absolute Gasteiger partial charge is 0.434 e. The SMILES string of the molecule is CCCOC(=O)Oc1ncccc1C1CCCS1. The molecule has 1 fully saturated rings. The zero-order valence-corrected chi connectivity index (χ0v) is 11.2. The molecule has 2 heterocycles. The van der Waals surface area contributed by atoms with Crippen LogP contribution in [-0.2, 0) is 4.74 Å². The normalized spacial score (nSPS) is 18.6. The first kappa shape index (κ1) is 13.2. The second-order valence-electron chi connectivity index (χ2n) is 4.10. The molecular formula is C13H17NO3S. The summed E-state index contributed by atoms with van der Waals surface area (Å²) in [5, 5.41) is 0.382. The second kappa shape index (κ2) is 6.64. The molecule has 1 unspecified atom stereocenters. The largest absolute Gasteiger partial charge is 0.515 e. The lowest BCUT2D eigenvalue weighted by atomic mass is 10.1. The standard InChI is InChI=1S/C13H17NO3S/c1-2-8-16-13(15)17-12-10(5-3-7-14-12)11-6-4-9-18-11/h3,5,7,11H,2,4,6,8-9H2,1H3. The molecule has 1 aliphatic rings. The molecule has 0 aromatic carbocycles. The Morgan fingerprint density at radius 1 is 1.61 bits per heavy atom. The number of hydrogen-bond donors (Lipinski definition) is 0. The lowest BCUT2D eigenvalue weighted by Gasteiger charge is -2.12. The van der Waals surface area contributed by atoms with Crippen molar-refractivity contribution in [3.63, 3.8) is 0 Å². The highest BCUT2D eigenvalue weighted by Crippen LogP contribution is 2.42. The van der Waals surface area contributed by atoms with Crippen molar-refractivity contribution in [3.8, 4) is 5.88 Å². The lowest BCUT2D eigenvalue weighted by Crippen LogP contribution is -2.13. The van der Waals surface area contributed by atoms with Crippen molar-refractivity contribution >= 4 is 17.9 Å². The van der Waals surface area contributed by atoms with Crippen LogP contribution >= 0.6 is 11.8 Å². The third-order valence-corrected chi connectivity index (χ3v) is 4.10. The molecule has 0 N–H and O–H groups in total. The summed E-state index contributed by atoms with van der Waals surface area (Å²) >= 11 is 1.88. The zero-order chi connectivity index (χ0) is 12.8. The van der Waals surface area contributed by atoms with Crippen LogP contribution in [0.3, 0.4) is 0 Å². The Hall–Kier alpha value is -1.23. The van der Waals surface area contributed by atoms with Crippen LogP contribution in [0.1, 0.15) is 37.0 Å². The number of pyridine rings is 1. The average molecular weight is 267 g/mol. The van der Waals surface area contributed by atoms with Gasteiger partial charge in [0.15, 0.2) is 0 Å². The van der Waals surface area contributed by atoms with Crippen molar-refractivity contribution in [2.24, 2.45) is 0 Å². The first-order valence-electron chi connectivity index (χ1n) is 6.22. The van der Waals surface area contributed by atoms with Gasteiger partial charge in [-0.1, -0.05) is 13.0 Å². The predicted octanol–water partition coefficient (Wildman–Crippen LogP) is 3.58. The maximum absolute atomic E-state index is 11.4. The number of hydrogen-bond acceptors (Lipinski definition) is 5. The Morgan fingerprint density at radius 3 is 3.22 bits per heavy atom. The fourth-order valence-electron chi connectivity index (χ4n) is 1.85. The van der Waals surface area contributed by atoms with Crippen LogP contribution in [0.2, 0.25) is 0 Å². The van der Waals surface area contributed by atoms with Crippen molar-refractivity contribution in [2.45, 2.75) is 31.4 Å². The summed E-state index contributed by atoms with van der Waals surface area (Å²) in [4.78, 5) is 15.6. The first-order chi connectivity index (χ1) is 8.81. The Kier molecular flexibility index (Phi) is 4.87. The second-order valence-corrected chi connectivity index (χ2v) is 5.41. The maximum Gasteiger partial charge on any atom is 0.515 e. The third-order valence-electron chi connectivity index (χ3n) is 2.68. The molecule has 98 valence electrons. The van der Waals surface area contributed by atoms with E-state index in [0.29, 0.717) is 17.7 Å². The van der Waals surface area contributed by atoms with E-state index in [1.54, 1.807) is 6.20 Å². The van der Waals surface area contributed by atoms with Gasteiger partial charge in [0.05, 0.1) is 6.61 Å². The Bertz CT molecular complexity index is 405. The minimum Gasteiger partial charge on any atom is -0.434 e. The van der Waals surface area contributed by atoms with Gasteiger partial charge in [0.25, 0.3) is 0 Å². The van der Waals surface area contributed by atoms with Crippen molar-refractivity contribution in [3.05, 3.63) is 23.9 Å². The summed E-state index contributed by atoms with van der Waals surface area (Å²) < 4.78 is 10.1. The van der Waals surface area contributed by atoms with Gasteiger partial charge in [-0.25, -0.2) is 9.78 Å². The van der Waals surface area contributed by atoms with Crippen molar-refractivity contribution in [2.75, 3.05) is 12.4 Å². The fourth-order valence-corrected chi connectivity index (χ4v) is 3.16. The molecule has 0 radical (unpaired) electrons. The number of carbonyl (C=O) groups excluding carboxylic acids is 1. The van der Waals surface area contributed by atoms with Gasteiger partial charge in [-0.15, -0.1) is 0 Å². The third kappa shape index (κ3) is 3.38. The van der Waals surface area contributed by atoms with Gasteiger partial charge in [0.2, 0.25) is 5.88 Å². The van der Waals surface area contributed by atoms with Gasteiger partial charge in [0, 0.05) is 17.0 Å². The van der Waals surface area contributed by atoms with E-state index in [1.807, 2.05) is 30.8 Å². The van der Waals surface area contributed by atoms with Crippen LogP contribution in [0, 0.1) is 0 Å². The molecule has 1 aliphatic heterocycles. The van der Waals surface area contributed by atoms with Crippen LogP contribution in [0.5, 0.6) is 5.88 Å². The van der Waals surface area contributed by atoms with Crippen LogP contribution in [0.15, 0.2) is 18.3 Å². The number of carbonyl (C=O) groups is 1. The number of ether oxygens (including phenoxy) is 2. The summed E-state index contributed by atoms with van der Waals surface area (Å²) in [6, 6.07) is 3.84. The van der Waals surface area contributed by atoms with Gasteiger partial charge in [-0.05, 0) is 31.1 Å². The topological polar surface area (TPSA) is 48.4 Å². The zero-order valence-electron chi connectivity index (χ0n) is 10.4. The molecule has 1 aromatic heterocycles. The highest BCUT2D eigenvalue weighted by molar-refractivity contribution is 7.99. The van der Waals surface area contributed by atoms with E-state index in [0.717, 1.165) is 24.2 Å². The average Bonchev–Trinajstić information content (AvgIpc) is 2.91. The maximum atomic E-state index is 11.4. The van der Waals surface area contributed by atoms with E-state index in [1.165, 1.54) is 6.42 Å². The summed E-state index contributed by atoms with van der Waals surface area (Å²) in [5.74, 6) is 1.54. The van der Waals surface area contributed by atoms with Crippen LogP contribution < -0.4 is 4.74 Å². The molecule has 0 aliphatic carbocycles. The molecule has 18 heavy (non-hydrogen) atoms. The van der Waals surface area contributed by atoms with E-state index in [4.69, 9.17) is 9.47 Å². The van der Waals surface area contributed by atoms with E-state index in [-0.39, 0.29) is 0 Å². The number of rotatable bonds is 4. The number of thioether (sulfide) groups is 1. The molecule has 2 rings (SSSR count). The Morgan fingerprint density at radius 2 is 2.50 bits per heavy atom. The van der Waals surface area contributed by atoms with Gasteiger partial charge >= 0.3 is 6.16 Å². The number of nitrogens with zero attached hydrogens (tertiary/aromatic N) is 1. The van der Waals surface area contributed by atoms with Gasteiger partial charge < -0.3 is 9.47 Å². The van der Waals surface area contributed by atoms with Crippen molar-refractivity contribution in [1.82, 2.24) is 4.98 Å². The van der Waals surface area contributed by atoms with Gasteiger partial charge in [-0.3, -0.25) is 0 Å². The minimum atomic E-state index is -0.667. The predicted molar refractivity (Wildman–Crippen MR) is 70.9 cm³/mol. The molecule has 1 atom stereocenters. The summed E-state index contributed by atoms with van der Waals surface area (Å²) in [7, 11) is 0. The van der Waals surface area contributed by atoms with Gasteiger partial charge in [-0.2, -0.15) is 11.8 Å². The van der Waals surface area contributed by atoms with Gasteiger partial charge in [0.1, 0.15) is 0 Å². The monoisotopic (exact) mass is 267 g/mol. The van der Waals surface area contributed by atoms with E-state index < -0.39 is 6.16 Å². The van der Waals surface area contributed by atoms with Crippen molar-refractivity contribution < 1.29 is 14.3 Å². The molecule has 1 aromatic rings. The van der Waals surface area contributed by atoms with Crippen molar-refractivity contribution in [1.29, 1.82) is 0 Å². The first-order valence-corrected chi connectivity index (χ1v) is 7.27. The quantitative estimate of drug-likeness (QED) is 0.780. The van der Waals surface area contributed by atoms with Crippen LogP contribution in [0.4, 0.5) is 4.79 Å². The molecule has 0 amide bonds. The number of aromatic nitrogens is 1. The minimum absolute atomic E-state index is 0.374. The van der Waals surface area contributed by atoms with Crippen LogP contribution in [-0.4, -0.2) is 23.5 Å².